The second kappa shape index (κ2) is 4.76. The van der Waals surface area contributed by atoms with Crippen molar-refractivity contribution in [1.82, 2.24) is 4.72 Å². The van der Waals surface area contributed by atoms with Gasteiger partial charge in [-0.15, -0.1) is 0 Å². The zero-order valence-corrected chi connectivity index (χ0v) is 12.3. The third kappa shape index (κ3) is 3.06. The summed E-state index contributed by atoms with van der Waals surface area (Å²) in [5, 5.41) is 9.84. The summed E-state index contributed by atoms with van der Waals surface area (Å²) in [5.41, 5.74) is 0.661. The van der Waals surface area contributed by atoms with E-state index in [1.165, 1.54) is 18.5 Å². The van der Waals surface area contributed by atoms with E-state index in [1.54, 1.807) is 12.1 Å². The number of anilines is 1. The maximum Gasteiger partial charge on any atom is 0.327 e. The van der Waals surface area contributed by atoms with E-state index in [-0.39, 0.29) is 16.9 Å². The topological polar surface area (TPSA) is 69.6 Å². The highest BCUT2D eigenvalue weighted by atomic mass is 32.2. The van der Waals surface area contributed by atoms with Gasteiger partial charge in [-0.3, -0.25) is 4.72 Å². The first kappa shape index (κ1) is 14.3. The van der Waals surface area contributed by atoms with Crippen molar-refractivity contribution in [3.8, 4) is 17.6 Å². The van der Waals surface area contributed by atoms with Crippen LogP contribution >= 0.6 is 0 Å². The fourth-order valence-electron chi connectivity index (χ4n) is 1.57. The molecule has 1 aliphatic rings. The molecule has 20 heavy (non-hydrogen) atoms. The number of phenolic OH excluding ortho intramolecular Hbond substituents is 1. The molecule has 1 aromatic rings. The molecule has 0 fully saturated rings. The van der Waals surface area contributed by atoms with E-state index < -0.39 is 10.2 Å². The van der Waals surface area contributed by atoms with Gasteiger partial charge in [-0.2, -0.15) is 8.42 Å². The van der Waals surface area contributed by atoms with Crippen LogP contribution in [0.25, 0.3) is 0 Å². The maximum atomic E-state index is 11.7. The fraction of sp³-hybridized carbons (Fsp3) is 0.286. The van der Waals surface area contributed by atoms with Gasteiger partial charge in [-0.1, -0.05) is 11.8 Å². The van der Waals surface area contributed by atoms with Gasteiger partial charge in [0.25, 0.3) is 0 Å². The molecule has 5 nitrogen and oxygen atoms in total. The highest BCUT2D eigenvalue weighted by Crippen LogP contribution is 2.31. The van der Waals surface area contributed by atoms with Crippen molar-refractivity contribution in [1.29, 1.82) is 0 Å². The predicted octanol–water partition coefficient (Wildman–Crippen LogP) is 1.92. The van der Waals surface area contributed by atoms with Crippen molar-refractivity contribution >= 4 is 15.9 Å². The molecule has 6 heteroatoms. The Balaban J connectivity index is 2.45. The van der Waals surface area contributed by atoms with Crippen LogP contribution in [0.1, 0.15) is 26.3 Å². The number of aromatic hydroxyl groups is 1. The summed E-state index contributed by atoms with van der Waals surface area (Å²) >= 11 is 0. The number of hydrogen-bond donors (Lipinski definition) is 2. The van der Waals surface area contributed by atoms with Gasteiger partial charge in [0.05, 0.1) is 0 Å². The molecule has 1 aromatic carbocycles. The molecule has 1 aliphatic heterocycles. The standard InChI is InChI=1S/C14H16N2O3S/c1-14(2,3)7-6-11-4-5-13(17)12(10-11)16-9-8-15-20(16,18)19/h4-5,8-10,15,17H,1-3H3. The molecule has 0 spiro atoms. The number of hydrogen-bond acceptors (Lipinski definition) is 3. The van der Waals surface area contributed by atoms with Gasteiger partial charge in [-0.05, 0) is 39.0 Å². The smallest absolute Gasteiger partial charge is 0.327 e. The van der Waals surface area contributed by atoms with Gasteiger partial charge in [0, 0.05) is 23.4 Å². The van der Waals surface area contributed by atoms with Gasteiger partial charge >= 0.3 is 10.2 Å². The summed E-state index contributed by atoms with van der Waals surface area (Å²) in [7, 11) is -3.66. The molecule has 0 unspecified atom stereocenters. The third-order valence-electron chi connectivity index (χ3n) is 2.48. The first-order valence-electron chi connectivity index (χ1n) is 6.04. The van der Waals surface area contributed by atoms with E-state index in [0.717, 1.165) is 4.31 Å². The highest BCUT2D eigenvalue weighted by Gasteiger charge is 2.25. The van der Waals surface area contributed by atoms with Crippen molar-refractivity contribution in [3.63, 3.8) is 0 Å². The van der Waals surface area contributed by atoms with Crippen LogP contribution in [0.15, 0.2) is 30.6 Å². The Morgan fingerprint density at radius 2 is 2.00 bits per heavy atom. The summed E-state index contributed by atoms with van der Waals surface area (Å²) in [6.45, 7) is 5.96. The van der Waals surface area contributed by atoms with Gasteiger partial charge in [0.2, 0.25) is 0 Å². The molecule has 0 bridgehead atoms. The summed E-state index contributed by atoms with van der Waals surface area (Å²) in [5.74, 6) is 5.92. The Morgan fingerprint density at radius 1 is 1.30 bits per heavy atom. The van der Waals surface area contributed by atoms with E-state index >= 15 is 0 Å². The number of rotatable bonds is 1. The highest BCUT2D eigenvalue weighted by molar-refractivity contribution is 7.91. The lowest BCUT2D eigenvalue weighted by Gasteiger charge is -2.16. The van der Waals surface area contributed by atoms with Crippen LogP contribution in [0, 0.1) is 17.3 Å². The van der Waals surface area contributed by atoms with Crippen LogP contribution in [-0.4, -0.2) is 13.5 Å². The molecule has 0 aromatic heterocycles. The minimum Gasteiger partial charge on any atom is -0.506 e. The van der Waals surface area contributed by atoms with E-state index in [2.05, 4.69) is 16.6 Å². The second-order valence-electron chi connectivity index (χ2n) is 5.44. The summed E-state index contributed by atoms with van der Waals surface area (Å²) in [6, 6.07) is 4.63. The lowest BCUT2D eigenvalue weighted by molar-refractivity contribution is 0.476. The van der Waals surface area contributed by atoms with Gasteiger partial charge < -0.3 is 5.11 Å². The van der Waals surface area contributed by atoms with Crippen molar-refractivity contribution < 1.29 is 13.5 Å². The molecule has 2 N–H and O–H groups in total. The first-order valence-corrected chi connectivity index (χ1v) is 7.48. The van der Waals surface area contributed by atoms with Crippen LogP contribution in [0.2, 0.25) is 0 Å². The average Bonchev–Trinajstić information content (AvgIpc) is 2.67. The molecule has 106 valence electrons. The molecular formula is C14H16N2O3S. The Kier molecular flexibility index (Phi) is 3.40. The maximum absolute atomic E-state index is 11.7. The Morgan fingerprint density at radius 3 is 2.55 bits per heavy atom. The molecule has 0 saturated carbocycles. The largest absolute Gasteiger partial charge is 0.506 e. The molecule has 0 atom stereocenters. The van der Waals surface area contributed by atoms with Gasteiger partial charge in [0.15, 0.2) is 0 Å². The molecule has 0 saturated heterocycles. The van der Waals surface area contributed by atoms with E-state index in [1.807, 2.05) is 20.8 Å². The van der Waals surface area contributed by atoms with Crippen LogP contribution in [0.4, 0.5) is 5.69 Å². The molecule has 0 amide bonds. The monoisotopic (exact) mass is 292 g/mol. The van der Waals surface area contributed by atoms with Crippen LogP contribution in [0.5, 0.6) is 5.75 Å². The molecule has 0 aliphatic carbocycles. The quantitative estimate of drug-likeness (QED) is 0.777. The number of benzene rings is 1. The SMILES string of the molecule is CC(C)(C)C#Cc1ccc(O)c(N2C=CNS2(=O)=O)c1. The Hall–Kier alpha value is -2.13. The average molecular weight is 292 g/mol. The van der Waals surface area contributed by atoms with Crippen molar-refractivity contribution in [3.05, 3.63) is 36.2 Å². The summed E-state index contributed by atoms with van der Waals surface area (Å²) in [4.78, 5) is 0. The van der Waals surface area contributed by atoms with E-state index in [0.29, 0.717) is 5.56 Å². The van der Waals surface area contributed by atoms with Gasteiger partial charge in [0.1, 0.15) is 11.4 Å². The minimum absolute atomic E-state index is 0.122. The predicted molar refractivity (Wildman–Crippen MR) is 78.1 cm³/mol. The number of nitrogens with zero attached hydrogens (tertiary/aromatic N) is 1. The molecule has 2 rings (SSSR count). The summed E-state index contributed by atoms with van der Waals surface area (Å²) < 4.78 is 26.7. The molecule has 0 radical (unpaired) electrons. The second-order valence-corrected chi connectivity index (χ2v) is 7.02. The summed E-state index contributed by atoms with van der Waals surface area (Å²) in [6.07, 6.45) is 2.63. The Labute approximate surface area is 119 Å². The normalized spacial score (nSPS) is 16.4. The van der Waals surface area contributed by atoms with Crippen LogP contribution in [-0.2, 0) is 10.2 Å². The third-order valence-corrected chi connectivity index (χ3v) is 3.75. The fourth-order valence-corrected chi connectivity index (χ4v) is 2.54. The van der Waals surface area contributed by atoms with Crippen LogP contribution in [0.3, 0.4) is 0 Å². The number of nitrogens with one attached hydrogen (secondary N) is 1. The lowest BCUT2D eigenvalue weighted by Crippen LogP contribution is -2.28. The number of phenols is 1. The molecule has 1 heterocycles. The van der Waals surface area contributed by atoms with Crippen molar-refractivity contribution in [2.45, 2.75) is 20.8 Å². The minimum atomic E-state index is -3.66. The van der Waals surface area contributed by atoms with Crippen molar-refractivity contribution in [2.24, 2.45) is 5.41 Å². The van der Waals surface area contributed by atoms with Gasteiger partial charge in [-0.25, -0.2) is 4.31 Å². The lowest BCUT2D eigenvalue weighted by atomic mass is 9.97. The van der Waals surface area contributed by atoms with E-state index in [9.17, 15) is 13.5 Å². The zero-order chi connectivity index (χ0) is 15.0. The first-order chi connectivity index (χ1) is 9.19. The molecular weight excluding hydrogens is 276 g/mol. The van der Waals surface area contributed by atoms with Crippen molar-refractivity contribution in [2.75, 3.05) is 4.31 Å². The zero-order valence-electron chi connectivity index (χ0n) is 11.5. The van der Waals surface area contributed by atoms with E-state index in [4.69, 9.17) is 0 Å². The van der Waals surface area contributed by atoms with Crippen LogP contribution < -0.4 is 9.03 Å². The Bertz CT molecular complexity index is 719.